The number of esters is 1. The number of nitrogens with one attached hydrogen (secondary N) is 1. The van der Waals surface area contributed by atoms with Crippen LogP contribution in [-0.2, 0) is 9.53 Å². The normalized spacial score (nSPS) is 18.1. The number of ether oxygens (including phenoxy) is 1. The Morgan fingerprint density at radius 1 is 1.36 bits per heavy atom. The predicted octanol–water partition coefficient (Wildman–Crippen LogP) is 1.72. The van der Waals surface area contributed by atoms with E-state index in [0.29, 0.717) is 25.5 Å². The summed E-state index contributed by atoms with van der Waals surface area (Å²) in [4.78, 5) is 11.2. The van der Waals surface area contributed by atoms with Crippen molar-refractivity contribution >= 4 is 5.97 Å². The highest BCUT2D eigenvalue weighted by Gasteiger charge is 2.14. The summed E-state index contributed by atoms with van der Waals surface area (Å²) in [5, 5.41) is 2.94. The highest BCUT2D eigenvalue weighted by atomic mass is 16.5. The molecule has 0 radical (unpaired) electrons. The standard InChI is InChI=1S/C11H21NO2/c1-12-8-7-11(13)14-9-10-5-3-2-4-6-10/h10,12H,2-9H2,1H3. The SMILES string of the molecule is CNCCC(=O)OCC1CCCCC1. The van der Waals surface area contributed by atoms with E-state index in [0.717, 1.165) is 0 Å². The zero-order valence-corrected chi connectivity index (χ0v) is 9.05. The third-order valence-corrected chi connectivity index (χ3v) is 2.78. The first kappa shape index (κ1) is 11.5. The quantitative estimate of drug-likeness (QED) is 0.685. The molecule has 82 valence electrons. The van der Waals surface area contributed by atoms with Crippen LogP contribution in [0.2, 0.25) is 0 Å². The molecule has 1 aliphatic rings. The summed E-state index contributed by atoms with van der Waals surface area (Å²) in [6, 6.07) is 0. The lowest BCUT2D eigenvalue weighted by Gasteiger charge is -2.20. The van der Waals surface area contributed by atoms with Gasteiger partial charge >= 0.3 is 5.97 Å². The van der Waals surface area contributed by atoms with Crippen molar-refractivity contribution in [3.8, 4) is 0 Å². The van der Waals surface area contributed by atoms with E-state index in [9.17, 15) is 4.79 Å². The van der Waals surface area contributed by atoms with E-state index in [4.69, 9.17) is 4.74 Å². The average Bonchev–Trinajstić information content (AvgIpc) is 2.25. The van der Waals surface area contributed by atoms with Gasteiger partial charge in [0, 0.05) is 6.54 Å². The van der Waals surface area contributed by atoms with Gasteiger partial charge in [-0.2, -0.15) is 0 Å². The highest BCUT2D eigenvalue weighted by Crippen LogP contribution is 2.23. The zero-order chi connectivity index (χ0) is 10.2. The Morgan fingerprint density at radius 3 is 2.71 bits per heavy atom. The Balaban J connectivity index is 2.03. The van der Waals surface area contributed by atoms with Crippen molar-refractivity contribution in [2.24, 2.45) is 5.92 Å². The van der Waals surface area contributed by atoms with Gasteiger partial charge in [0.1, 0.15) is 0 Å². The largest absolute Gasteiger partial charge is 0.465 e. The van der Waals surface area contributed by atoms with Crippen molar-refractivity contribution in [3.63, 3.8) is 0 Å². The van der Waals surface area contributed by atoms with Gasteiger partial charge in [-0.3, -0.25) is 4.79 Å². The Morgan fingerprint density at radius 2 is 2.07 bits per heavy atom. The van der Waals surface area contributed by atoms with E-state index in [2.05, 4.69) is 5.32 Å². The predicted molar refractivity (Wildman–Crippen MR) is 56.1 cm³/mol. The average molecular weight is 199 g/mol. The Bertz CT molecular complexity index is 165. The molecule has 14 heavy (non-hydrogen) atoms. The van der Waals surface area contributed by atoms with Crippen molar-refractivity contribution in [1.29, 1.82) is 0 Å². The summed E-state index contributed by atoms with van der Waals surface area (Å²) >= 11 is 0. The third-order valence-electron chi connectivity index (χ3n) is 2.78. The van der Waals surface area contributed by atoms with Crippen LogP contribution in [0, 0.1) is 5.92 Å². The van der Waals surface area contributed by atoms with Gasteiger partial charge in [-0.25, -0.2) is 0 Å². The molecule has 0 aromatic rings. The molecule has 1 aliphatic carbocycles. The molecular weight excluding hydrogens is 178 g/mol. The molecule has 0 amide bonds. The first-order valence-corrected chi connectivity index (χ1v) is 5.63. The van der Waals surface area contributed by atoms with E-state index in [1.165, 1.54) is 32.1 Å². The second-order valence-electron chi connectivity index (χ2n) is 4.04. The lowest BCUT2D eigenvalue weighted by atomic mass is 9.90. The Kier molecular flexibility index (Phi) is 5.60. The third kappa shape index (κ3) is 4.61. The minimum absolute atomic E-state index is 0.0649. The Labute approximate surface area is 86.2 Å². The van der Waals surface area contributed by atoms with Crippen molar-refractivity contribution in [2.45, 2.75) is 38.5 Å². The fourth-order valence-corrected chi connectivity index (χ4v) is 1.86. The van der Waals surface area contributed by atoms with Gasteiger partial charge in [-0.1, -0.05) is 19.3 Å². The van der Waals surface area contributed by atoms with Crippen molar-refractivity contribution in [1.82, 2.24) is 5.32 Å². The summed E-state index contributed by atoms with van der Waals surface area (Å²) in [6.07, 6.45) is 6.92. The van der Waals surface area contributed by atoms with Gasteiger partial charge in [-0.05, 0) is 25.8 Å². The summed E-state index contributed by atoms with van der Waals surface area (Å²) in [6.45, 7) is 1.35. The second-order valence-corrected chi connectivity index (χ2v) is 4.04. The summed E-state index contributed by atoms with van der Waals surface area (Å²) < 4.78 is 5.20. The lowest BCUT2D eigenvalue weighted by molar-refractivity contribution is -0.145. The topological polar surface area (TPSA) is 38.3 Å². The first-order chi connectivity index (χ1) is 6.83. The van der Waals surface area contributed by atoms with Gasteiger partial charge in [-0.15, -0.1) is 0 Å². The van der Waals surface area contributed by atoms with Crippen molar-refractivity contribution < 1.29 is 9.53 Å². The number of carbonyl (C=O) groups is 1. The van der Waals surface area contributed by atoms with E-state index >= 15 is 0 Å². The molecule has 1 rings (SSSR count). The molecular formula is C11H21NO2. The highest BCUT2D eigenvalue weighted by molar-refractivity contribution is 5.69. The molecule has 3 nitrogen and oxygen atoms in total. The molecule has 1 saturated carbocycles. The molecule has 0 atom stereocenters. The summed E-state index contributed by atoms with van der Waals surface area (Å²) in [5.41, 5.74) is 0. The Hall–Kier alpha value is -0.570. The molecule has 0 aromatic carbocycles. The van der Waals surface area contributed by atoms with Gasteiger partial charge in [0.25, 0.3) is 0 Å². The van der Waals surface area contributed by atoms with Crippen molar-refractivity contribution in [2.75, 3.05) is 20.2 Å². The van der Waals surface area contributed by atoms with Gasteiger partial charge in [0.15, 0.2) is 0 Å². The monoisotopic (exact) mass is 199 g/mol. The van der Waals surface area contributed by atoms with Crippen LogP contribution in [0.5, 0.6) is 0 Å². The van der Waals surface area contributed by atoms with Crippen LogP contribution in [0.4, 0.5) is 0 Å². The zero-order valence-electron chi connectivity index (χ0n) is 9.05. The van der Waals surface area contributed by atoms with Crippen LogP contribution < -0.4 is 5.32 Å². The fourth-order valence-electron chi connectivity index (χ4n) is 1.86. The minimum Gasteiger partial charge on any atom is -0.465 e. The van der Waals surface area contributed by atoms with Crippen LogP contribution in [-0.4, -0.2) is 26.2 Å². The van der Waals surface area contributed by atoms with E-state index in [-0.39, 0.29) is 5.97 Å². The molecule has 0 bridgehead atoms. The van der Waals surface area contributed by atoms with E-state index < -0.39 is 0 Å². The minimum atomic E-state index is -0.0649. The smallest absolute Gasteiger partial charge is 0.307 e. The lowest BCUT2D eigenvalue weighted by Crippen LogP contribution is -2.19. The molecule has 0 saturated heterocycles. The summed E-state index contributed by atoms with van der Waals surface area (Å²) in [5.74, 6) is 0.562. The van der Waals surface area contributed by atoms with Crippen LogP contribution in [0.3, 0.4) is 0 Å². The maximum absolute atomic E-state index is 11.2. The van der Waals surface area contributed by atoms with Crippen molar-refractivity contribution in [3.05, 3.63) is 0 Å². The summed E-state index contributed by atoms with van der Waals surface area (Å²) in [7, 11) is 1.84. The van der Waals surface area contributed by atoms with Crippen LogP contribution >= 0.6 is 0 Å². The molecule has 1 fully saturated rings. The van der Waals surface area contributed by atoms with Crippen LogP contribution in [0.1, 0.15) is 38.5 Å². The molecule has 0 aromatic heterocycles. The second kappa shape index (κ2) is 6.82. The number of rotatable bonds is 5. The number of carbonyl (C=O) groups excluding carboxylic acids is 1. The van der Waals surface area contributed by atoms with E-state index in [1.807, 2.05) is 7.05 Å². The first-order valence-electron chi connectivity index (χ1n) is 5.63. The molecule has 1 N–H and O–H groups in total. The van der Waals surface area contributed by atoms with E-state index in [1.54, 1.807) is 0 Å². The molecule has 0 aliphatic heterocycles. The maximum atomic E-state index is 11.2. The number of hydrogen-bond acceptors (Lipinski definition) is 3. The molecule has 0 heterocycles. The number of hydrogen-bond donors (Lipinski definition) is 1. The fraction of sp³-hybridized carbons (Fsp3) is 0.909. The van der Waals surface area contributed by atoms with Gasteiger partial charge in [0.2, 0.25) is 0 Å². The maximum Gasteiger partial charge on any atom is 0.307 e. The van der Waals surface area contributed by atoms with Crippen LogP contribution in [0.25, 0.3) is 0 Å². The van der Waals surface area contributed by atoms with Gasteiger partial charge < -0.3 is 10.1 Å². The van der Waals surface area contributed by atoms with Gasteiger partial charge in [0.05, 0.1) is 13.0 Å². The molecule has 0 unspecified atom stereocenters. The molecule has 0 spiro atoms. The molecule has 3 heteroatoms. The van der Waals surface area contributed by atoms with Crippen LogP contribution in [0.15, 0.2) is 0 Å².